The molecule has 148 valence electrons. The molecule has 0 N–H and O–H groups in total. The third kappa shape index (κ3) is 4.53. The lowest BCUT2D eigenvalue weighted by atomic mass is 9.69. The average molecular weight is 371 g/mol. The third-order valence-electron chi connectivity index (χ3n) is 6.71. The summed E-state index contributed by atoms with van der Waals surface area (Å²) in [6.07, 6.45) is 6.63. The van der Waals surface area contributed by atoms with E-state index in [9.17, 15) is 9.59 Å². The SMILES string of the molecule is CCC(=O)N1CCC(C2(C)CCCCN(CCc3ccccc3)C2=O)CC1. The standard InChI is InChI=1S/C23H34N2O2/c1-3-21(26)24-17-12-20(13-18-24)23(2)14-7-8-15-25(22(23)27)16-11-19-9-5-4-6-10-19/h4-6,9-10,20H,3,7-8,11-18H2,1-2H3. The van der Waals surface area contributed by atoms with Crippen molar-refractivity contribution in [2.45, 2.75) is 58.8 Å². The second kappa shape index (κ2) is 8.90. The predicted molar refractivity (Wildman–Crippen MR) is 108 cm³/mol. The van der Waals surface area contributed by atoms with Gasteiger partial charge >= 0.3 is 0 Å². The van der Waals surface area contributed by atoms with E-state index in [1.54, 1.807) is 0 Å². The summed E-state index contributed by atoms with van der Waals surface area (Å²) >= 11 is 0. The molecule has 27 heavy (non-hydrogen) atoms. The van der Waals surface area contributed by atoms with E-state index >= 15 is 0 Å². The van der Waals surface area contributed by atoms with Crippen molar-refractivity contribution >= 4 is 11.8 Å². The van der Waals surface area contributed by atoms with Crippen molar-refractivity contribution in [3.05, 3.63) is 35.9 Å². The van der Waals surface area contributed by atoms with E-state index in [1.807, 2.05) is 17.9 Å². The molecule has 2 aliphatic heterocycles. The first-order valence-corrected chi connectivity index (χ1v) is 10.7. The van der Waals surface area contributed by atoms with Crippen LogP contribution in [0.5, 0.6) is 0 Å². The van der Waals surface area contributed by atoms with Gasteiger partial charge in [-0.15, -0.1) is 0 Å². The van der Waals surface area contributed by atoms with Crippen molar-refractivity contribution in [1.29, 1.82) is 0 Å². The molecule has 2 aliphatic rings. The van der Waals surface area contributed by atoms with Gasteiger partial charge in [0.15, 0.2) is 0 Å². The fourth-order valence-corrected chi connectivity index (χ4v) is 4.86. The van der Waals surface area contributed by atoms with Gasteiger partial charge in [0.1, 0.15) is 0 Å². The minimum Gasteiger partial charge on any atom is -0.343 e. The van der Waals surface area contributed by atoms with Crippen LogP contribution >= 0.6 is 0 Å². The topological polar surface area (TPSA) is 40.6 Å². The molecule has 1 aromatic carbocycles. The maximum atomic E-state index is 13.5. The Morgan fingerprint density at radius 1 is 1.11 bits per heavy atom. The molecule has 0 aromatic heterocycles. The Morgan fingerprint density at radius 2 is 1.81 bits per heavy atom. The maximum absolute atomic E-state index is 13.5. The van der Waals surface area contributed by atoms with Crippen LogP contribution in [0.2, 0.25) is 0 Å². The number of benzene rings is 1. The summed E-state index contributed by atoms with van der Waals surface area (Å²) in [5.41, 5.74) is 1.02. The van der Waals surface area contributed by atoms with Crippen LogP contribution in [0.4, 0.5) is 0 Å². The van der Waals surface area contributed by atoms with E-state index in [4.69, 9.17) is 0 Å². The first-order valence-electron chi connectivity index (χ1n) is 10.7. The first kappa shape index (κ1) is 19.9. The molecule has 2 saturated heterocycles. The van der Waals surface area contributed by atoms with Crippen molar-refractivity contribution in [2.75, 3.05) is 26.2 Å². The summed E-state index contributed by atoms with van der Waals surface area (Å²) in [6, 6.07) is 10.4. The number of rotatable bonds is 5. The van der Waals surface area contributed by atoms with Crippen molar-refractivity contribution in [3.8, 4) is 0 Å². The highest BCUT2D eigenvalue weighted by Crippen LogP contribution is 2.42. The van der Waals surface area contributed by atoms with Crippen LogP contribution < -0.4 is 0 Å². The lowest BCUT2D eigenvalue weighted by Gasteiger charge is -2.43. The number of amides is 2. The van der Waals surface area contributed by atoms with Gasteiger partial charge in [-0.3, -0.25) is 9.59 Å². The van der Waals surface area contributed by atoms with Crippen molar-refractivity contribution in [3.63, 3.8) is 0 Å². The van der Waals surface area contributed by atoms with Gasteiger partial charge in [0.2, 0.25) is 11.8 Å². The van der Waals surface area contributed by atoms with E-state index < -0.39 is 0 Å². The van der Waals surface area contributed by atoms with E-state index in [0.29, 0.717) is 18.2 Å². The zero-order valence-corrected chi connectivity index (χ0v) is 17.0. The summed E-state index contributed by atoms with van der Waals surface area (Å²) < 4.78 is 0. The molecule has 2 heterocycles. The fraction of sp³-hybridized carbons (Fsp3) is 0.652. The molecule has 0 bridgehead atoms. The number of likely N-dealkylation sites (tertiary alicyclic amines) is 2. The van der Waals surface area contributed by atoms with Crippen LogP contribution in [0.3, 0.4) is 0 Å². The van der Waals surface area contributed by atoms with Crippen LogP contribution in [0.25, 0.3) is 0 Å². The van der Waals surface area contributed by atoms with Crippen molar-refractivity contribution in [2.24, 2.45) is 11.3 Å². The Hall–Kier alpha value is -1.84. The van der Waals surface area contributed by atoms with E-state index in [1.165, 1.54) is 5.56 Å². The zero-order valence-electron chi connectivity index (χ0n) is 17.0. The van der Waals surface area contributed by atoms with Gasteiger partial charge in [-0.1, -0.05) is 50.6 Å². The van der Waals surface area contributed by atoms with E-state index in [2.05, 4.69) is 36.1 Å². The summed E-state index contributed by atoms with van der Waals surface area (Å²) in [5, 5.41) is 0. The highest BCUT2D eigenvalue weighted by atomic mass is 16.2. The van der Waals surface area contributed by atoms with Gasteiger partial charge in [-0.25, -0.2) is 0 Å². The zero-order chi connectivity index (χ0) is 19.3. The molecule has 1 unspecified atom stereocenters. The first-order chi connectivity index (χ1) is 13.0. The summed E-state index contributed by atoms with van der Waals surface area (Å²) in [5.74, 6) is 0.981. The number of hydrogen-bond acceptors (Lipinski definition) is 2. The number of nitrogens with zero attached hydrogens (tertiary/aromatic N) is 2. The second-order valence-electron chi connectivity index (χ2n) is 8.41. The number of piperidine rings is 1. The van der Waals surface area contributed by atoms with Gasteiger partial charge in [0.05, 0.1) is 0 Å². The Balaban J connectivity index is 1.65. The average Bonchev–Trinajstić information content (AvgIpc) is 2.86. The maximum Gasteiger partial charge on any atom is 0.228 e. The Morgan fingerprint density at radius 3 is 2.48 bits per heavy atom. The molecule has 0 saturated carbocycles. The number of carbonyl (C=O) groups excluding carboxylic acids is 2. The Bertz CT molecular complexity index is 637. The number of carbonyl (C=O) groups is 2. The molecule has 4 nitrogen and oxygen atoms in total. The molecule has 2 fully saturated rings. The summed E-state index contributed by atoms with van der Waals surface area (Å²) in [6.45, 7) is 7.43. The van der Waals surface area contributed by atoms with Crippen LogP contribution in [-0.4, -0.2) is 47.8 Å². The van der Waals surface area contributed by atoms with E-state index in [-0.39, 0.29) is 11.3 Å². The largest absolute Gasteiger partial charge is 0.343 e. The molecule has 0 radical (unpaired) electrons. The Kier molecular flexibility index (Phi) is 6.56. The van der Waals surface area contributed by atoms with Crippen LogP contribution in [0.1, 0.15) is 57.9 Å². The molecule has 1 aromatic rings. The molecular weight excluding hydrogens is 336 g/mol. The number of hydrogen-bond donors (Lipinski definition) is 0. The van der Waals surface area contributed by atoms with Gasteiger partial charge in [0.25, 0.3) is 0 Å². The Labute approximate surface area is 163 Å². The van der Waals surface area contributed by atoms with Crippen LogP contribution in [0, 0.1) is 11.3 Å². The molecule has 0 spiro atoms. The molecule has 4 heteroatoms. The van der Waals surface area contributed by atoms with Gasteiger partial charge in [-0.05, 0) is 43.6 Å². The quantitative estimate of drug-likeness (QED) is 0.789. The molecular formula is C23H34N2O2. The fourth-order valence-electron chi connectivity index (χ4n) is 4.86. The normalized spacial score (nSPS) is 24.7. The molecule has 1 atom stereocenters. The smallest absolute Gasteiger partial charge is 0.228 e. The van der Waals surface area contributed by atoms with Crippen molar-refractivity contribution in [1.82, 2.24) is 9.80 Å². The summed E-state index contributed by atoms with van der Waals surface area (Å²) in [7, 11) is 0. The van der Waals surface area contributed by atoms with Crippen LogP contribution in [0.15, 0.2) is 30.3 Å². The van der Waals surface area contributed by atoms with Crippen LogP contribution in [-0.2, 0) is 16.0 Å². The highest BCUT2D eigenvalue weighted by Gasteiger charge is 2.45. The monoisotopic (exact) mass is 370 g/mol. The lowest BCUT2D eigenvalue weighted by Crippen LogP contribution is -2.49. The molecule has 2 amide bonds. The van der Waals surface area contributed by atoms with E-state index in [0.717, 1.165) is 64.7 Å². The highest BCUT2D eigenvalue weighted by molar-refractivity contribution is 5.83. The minimum atomic E-state index is -0.269. The summed E-state index contributed by atoms with van der Waals surface area (Å²) in [4.78, 5) is 29.6. The van der Waals surface area contributed by atoms with Gasteiger partial charge in [0, 0.05) is 38.0 Å². The second-order valence-corrected chi connectivity index (χ2v) is 8.41. The lowest BCUT2D eigenvalue weighted by molar-refractivity contribution is -0.145. The van der Waals surface area contributed by atoms with Gasteiger partial charge in [-0.2, -0.15) is 0 Å². The molecule has 3 rings (SSSR count). The predicted octanol–water partition coefficient (Wildman–Crippen LogP) is 3.90. The molecule has 0 aliphatic carbocycles. The van der Waals surface area contributed by atoms with Crippen molar-refractivity contribution < 1.29 is 9.59 Å². The van der Waals surface area contributed by atoms with Gasteiger partial charge < -0.3 is 9.80 Å². The third-order valence-corrected chi connectivity index (χ3v) is 6.71. The minimum absolute atomic E-state index is 0.246.